The Labute approximate surface area is 375 Å². The van der Waals surface area contributed by atoms with E-state index in [1.165, 1.54) is 26.4 Å². The number of anilines is 6. The summed E-state index contributed by atoms with van der Waals surface area (Å²) >= 11 is 0. The van der Waals surface area contributed by atoms with Gasteiger partial charge in [0.2, 0.25) is 0 Å². The van der Waals surface area contributed by atoms with E-state index in [-0.39, 0.29) is 58.1 Å². The fraction of sp³-hybridized carbons (Fsp3) is 0.306. The van der Waals surface area contributed by atoms with Crippen LogP contribution in [0, 0.1) is 0 Å². The molecule has 65 heavy (non-hydrogen) atoms. The van der Waals surface area contributed by atoms with Crippen LogP contribution in [0.15, 0.2) is 116 Å². The average molecular weight is 885 g/mol. The molecule has 1 unspecified atom stereocenters. The molecule has 0 aromatic heterocycles. The minimum atomic E-state index is -1.15. The summed E-state index contributed by atoms with van der Waals surface area (Å²) in [6.07, 6.45) is 1.44. The van der Waals surface area contributed by atoms with Crippen LogP contribution in [0.1, 0.15) is 70.6 Å². The number of carbonyl (C=O) groups is 2. The number of methoxy groups -OCH3 is 2. The molecule has 6 aromatic carbocycles. The van der Waals surface area contributed by atoms with E-state index in [1.807, 2.05) is 79.4 Å². The first kappa shape index (κ1) is 45.7. The molecule has 16 nitrogen and oxygen atoms in total. The standard InChI is InChI=1S/C28H32N4O5.C21H20N2O5/c1-3-21(18-8-5-4-6-9-18)29-23-24(26(34)25(23)33)30-22-11-7-10-20(27(22)36-2)28(35)32-13-12-31-14-15-37-17-19(31)16-32;1-3-14(12-8-5-4-6-9-12)22-16-17(19(25)18(16)24)23-15-11-7-10-13(21(26)27)20(15)28-2/h4-11,19,21,29-30H,3,12-17H2,1-2H3;4-11,14,22-23H,3H2,1-2H3,(H,26,27)/t19?,21-;14-/m11/s1. The van der Waals surface area contributed by atoms with Crippen LogP contribution < -0.4 is 52.5 Å². The predicted molar refractivity (Wildman–Crippen MR) is 250 cm³/mol. The first-order valence-electron chi connectivity index (χ1n) is 21.5. The summed E-state index contributed by atoms with van der Waals surface area (Å²) in [6.45, 7) is 8.23. The highest BCUT2D eigenvalue weighted by atomic mass is 16.5. The number of hydrogen-bond donors (Lipinski definition) is 5. The van der Waals surface area contributed by atoms with Crippen LogP contribution in [-0.4, -0.2) is 86.4 Å². The number of carbonyl (C=O) groups excluding carboxylic acids is 1. The lowest BCUT2D eigenvalue weighted by molar-refractivity contribution is -0.0395. The normalized spacial score (nSPS) is 15.8. The molecule has 0 saturated carbocycles. The number of aromatic carboxylic acids is 1. The lowest BCUT2D eigenvalue weighted by atomic mass is 10.0. The molecule has 5 N–H and O–H groups in total. The Kier molecular flexibility index (Phi) is 14.4. The average Bonchev–Trinajstić information content (AvgIpc) is 3.35. The minimum absolute atomic E-state index is 0.0450. The molecule has 16 heteroatoms. The van der Waals surface area contributed by atoms with Gasteiger partial charge in [-0.2, -0.15) is 0 Å². The van der Waals surface area contributed by atoms with Gasteiger partial charge in [0.25, 0.3) is 27.6 Å². The lowest BCUT2D eigenvalue weighted by Crippen LogP contribution is -2.59. The lowest BCUT2D eigenvalue weighted by Gasteiger charge is -2.43. The van der Waals surface area contributed by atoms with Crippen LogP contribution in [0.25, 0.3) is 0 Å². The van der Waals surface area contributed by atoms with Gasteiger partial charge in [-0.25, -0.2) is 4.79 Å². The zero-order valence-electron chi connectivity index (χ0n) is 36.6. The van der Waals surface area contributed by atoms with Crippen molar-refractivity contribution in [2.75, 3.05) is 74.9 Å². The van der Waals surface area contributed by atoms with E-state index in [0.29, 0.717) is 48.8 Å². The predicted octanol–water partition coefficient (Wildman–Crippen LogP) is 6.05. The van der Waals surface area contributed by atoms with Gasteiger partial charge in [0.1, 0.15) is 28.3 Å². The minimum Gasteiger partial charge on any atom is -0.494 e. The van der Waals surface area contributed by atoms with Gasteiger partial charge in [-0.05, 0) is 48.2 Å². The Morgan fingerprint density at radius 3 is 1.60 bits per heavy atom. The number of para-hydroxylation sites is 2. The molecule has 2 aliphatic rings. The highest BCUT2D eigenvalue weighted by molar-refractivity contribution is 6.00. The fourth-order valence-electron chi connectivity index (χ4n) is 8.28. The van der Waals surface area contributed by atoms with Crippen molar-refractivity contribution in [3.05, 3.63) is 160 Å². The SMILES string of the molecule is CC[C@@H](Nc1c(Nc2cccc(C(=O)N3CCN4CCOCC4C3)c2OC)c(=O)c1=O)c1ccccc1.CC[C@@H](Nc1c(Nc2cccc(C(=O)O)c2OC)c(=O)c1=O)c1ccccc1. The third-order valence-electron chi connectivity index (χ3n) is 11.8. The summed E-state index contributed by atoms with van der Waals surface area (Å²) in [5.74, 6) is -0.865. The van der Waals surface area contributed by atoms with E-state index in [0.717, 1.165) is 37.2 Å². The van der Waals surface area contributed by atoms with Crippen molar-refractivity contribution in [1.29, 1.82) is 0 Å². The topological polar surface area (TPSA) is 205 Å². The van der Waals surface area contributed by atoms with Crippen LogP contribution in [0.2, 0.25) is 0 Å². The van der Waals surface area contributed by atoms with Crippen LogP contribution >= 0.6 is 0 Å². The van der Waals surface area contributed by atoms with E-state index < -0.39 is 27.7 Å². The van der Waals surface area contributed by atoms with Crippen molar-refractivity contribution in [1.82, 2.24) is 9.80 Å². The molecule has 0 radical (unpaired) electrons. The van der Waals surface area contributed by atoms with E-state index in [2.05, 4.69) is 26.2 Å². The van der Waals surface area contributed by atoms with E-state index in [1.54, 1.807) is 24.3 Å². The third kappa shape index (κ3) is 9.63. The number of nitrogens with one attached hydrogen (secondary N) is 4. The number of benzene rings is 4. The molecule has 0 spiro atoms. The number of fused-ring (bicyclic) bond motifs is 1. The first-order chi connectivity index (χ1) is 31.5. The van der Waals surface area contributed by atoms with Crippen molar-refractivity contribution in [3.63, 3.8) is 0 Å². The Hall–Kier alpha value is -7.30. The summed E-state index contributed by atoms with van der Waals surface area (Å²) in [7, 11) is 2.84. The number of carboxylic acids is 1. The van der Waals surface area contributed by atoms with Gasteiger partial charge in [0.15, 0.2) is 11.5 Å². The van der Waals surface area contributed by atoms with Gasteiger partial charge in [0, 0.05) is 26.2 Å². The summed E-state index contributed by atoms with van der Waals surface area (Å²) in [5.41, 5.74) is 1.41. The highest BCUT2D eigenvalue weighted by Gasteiger charge is 2.34. The largest absolute Gasteiger partial charge is 0.494 e. The molecule has 1 amide bonds. The smallest absolute Gasteiger partial charge is 0.339 e. The summed E-state index contributed by atoms with van der Waals surface area (Å²) in [5, 5.41) is 21.6. The van der Waals surface area contributed by atoms with Gasteiger partial charge in [-0.1, -0.05) is 86.6 Å². The second kappa shape index (κ2) is 20.5. The van der Waals surface area contributed by atoms with Crippen molar-refractivity contribution in [3.8, 4) is 11.5 Å². The summed E-state index contributed by atoms with van der Waals surface area (Å²) in [6, 6.07) is 29.0. The van der Waals surface area contributed by atoms with Crippen molar-refractivity contribution in [2.24, 2.45) is 0 Å². The second-order valence-electron chi connectivity index (χ2n) is 15.7. The molecule has 2 aliphatic heterocycles. The summed E-state index contributed by atoms with van der Waals surface area (Å²) < 4.78 is 16.4. The van der Waals surface area contributed by atoms with Crippen LogP contribution in [-0.2, 0) is 4.74 Å². The van der Waals surface area contributed by atoms with Gasteiger partial charge >= 0.3 is 5.97 Å². The molecular formula is C49H52N6O10. The summed E-state index contributed by atoms with van der Waals surface area (Å²) in [4.78, 5) is 78.4. The second-order valence-corrected chi connectivity index (χ2v) is 15.7. The molecule has 0 aliphatic carbocycles. The van der Waals surface area contributed by atoms with E-state index in [9.17, 15) is 33.9 Å². The number of piperazine rings is 1. The molecule has 2 saturated heterocycles. The van der Waals surface area contributed by atoms with Crippen molar-refractivity contribution >= 4 is 46.0 Å². The molecule has 0 bridgehead atoms. The van der Waals surface area contributed by atoms with Gasteiger partial charge < -0.3 is 45.5 Å². The zero-order valence-corrected chi connectivity index (χ0v) is 36.6. The van der Waals surface area contributed by atoms with Crippen LogP contribution in [0.3, 0.4) is 0 Å². The first-order valence-corrected chi connectivity index (χ1v) is 21.5. The number of rotatable bonds is 16. The number of hydrogen-bond acceptors (Lipinski definition) is 14. The molecule has 3 atom stereocenters. The Morgan fingerprint density at radius 1 is 0.646 bits per heavy atom. The number of carboxylic acid groups (broad SMARTS) is 1. The Morgan fingerprint density at radius 2 is 1.12 bits per heavy atom. The Balaban J connectivity index is 0.000000202. The number of nitrogens with zero attached hydrogens (tertiary/aromatic N) is 2. The highest BCUT2D eigenvalue weighted by Crippen LogP contribution is 2.36. The van der Waals surface area contributed by atoms with E-state index in [4.69, 9.17) is 14.2 Å². The van der Waals surface area contributed by atoms with Gasteiger partial charge in [-0.3, -0.25) is 28.9 Å². The maximum Gasteiger partial charge on any atom is 0.339 e. The quantitative estimate of drug-likeness (QED) is 0.0702. The monoisotopic (exact) mass is 884 g/mol. The molecule has 8 rings (SSSR count). The van der Waals surface area contributed by atoms with Crippen LogP contribution in [0.5, 0.6) is 11.5 Å². The fourth-order valence-corrected chi connectivity index (χ4v) is 8.28. The zero-order chi connectivity index (χ0) is 46.2. The van der Waals surface area contributed by atoms with Gasteiger partial charge in [-0.15, -0.1) is 0 Å². The van der Waals surface area contributed by atoms with Crippen molar-refractivity contribution < 1.29 is 28.9 Å². The maximum atomic E-state index is 13.5. The maximum absolute atomic E-state index is 13.5. The van der Waals surface area contributed by atoms with Crippen molar-refractivity contribution in [2.45, 2.75) is 44.8 Å². The molecule has 338 valence electrons. The molecule has 2 fully saturated rings. The van der Waals surface area contributed by atoms with Gasteiger partial charge in [0.05, 0.1) is 62.5 Å². The number of amides is 1. The number of morpholine rings is 1. The molecule has 2 heterocycles. The number of ether oxygens (including phenoxy) is 3. The van der Waals surface area contributed by atoms with Crippen LogP contribution in [0.4, 0.5) is 34.1 Å². The Bertz CT molecular complexity index is 2780. The third-order valence-corrected chi connectivity index (χ3v) is 11.8. The van der Waals surface area contributed by atoms with E-state index >= 15 is 0 Å². The molecular weight excluding hydrogens is 833 g/mol. The molecule has 6 aromatic rings.